The lowest BCUT2D eigenvalue weighted by atomic mass is 10.0. The van der Waals surface area contributed by atoms with Gasteiger partial charge in [-0.1, -0.05) is 73.5 Å². The zero-order valence-electron chi connectivity index (χ0n) is 22.3. The Kier molecular flexibility index (Phi) is 9.90. The minimum atomic E-state index is -0.432. The molecule has 0 N–H and O–H groups in total. The molecule has 0 radical (unpaired) electrons. The van der Waals surface area contributed by atoms with Gasteiger partial charge < -0.3 is 14.2 Å². The molecule has 4 aromatic carbocycles. The van der Waals surface area contributed by atoms with Crippen molar-refractivity contribution in [1.29, 1.82) is 0 Å². The van der Waals surface area contributed by atoms with Crippen molar-refractivity contribution < 1.29 is 23.8 Å². The summed E-state index contributed by atoms with van der Waals surface area (Å²) in [5.41, 5.74) is 5.35. The number of ether oxygens (including phenoxy) is 3. The number of hydrogen-bond acceptors (Lipinski definition) is 5. The SMILES string of the molecule is C#C/C=C(/CC)c1cccc(OCc2ccc(COC(=O)c3ccccc3)c(COC(=O)c3ccccc3)c2)c1. The van der Waals surface area contributed by atoms with Crippen molar-refractivity contribution in [1.82, 2.24) is 0 Å². The lowest BCUT2D eigenvalue weighted by Gasteiger charge is -2.14. The summed E-state index contributed by atoms with van der Waals surface area (Å²) in [7, 11) is 0. The number of esters is 2. The predicted octanol–water partition coefficient (Wildman–Crippen LogP) is 7.41. The Morgan fingerprint density at radius 1 is 0.700 bits per heavy atom. The molecule has 0 saturated carbocycles. The predicted molar refractivity (Wildman–Crippen MR) is 155 cm³/mol. The van der Waals surface area contributed by atoms with E-state index in [-0.39, 0.29) is 13.2 Å². The minimum absolute atomic E-state index is 0.0199. The normalized spacial score (nSPS) is 10.8. The van der Waals surface area contributed by atoms with Crippen LogP contribution < -0.4 is 4.74 Å². The van der Waals surface area contributed by atoms with Crippen molar-refractivity contribution in [3.05, 3.63) is 143 Å². The number of allylic oxidation sites excluding steroid dienone is 2. The van der Waals surface area contributed by atoms with E-state index in [0.717, 1.165) is 34.2 Å². The first-order valence-electron chi connectivity index (χ1n) is 13.0. The number of terminal acetylenes is 1. The molecule has 0 atom stereocenters. The second-order valence-corrected chi connectivity index (χ2v) is 8.99. The van der Waals surface area contributed by atoms with Crippen LogP contribution in [-0.4, -0.2) is 11.9 Å². The zero-order valence-corrected chi connectivity index (χ0v) is 22.3. The topological polar surface area (TPSA) is 61.8 Å². The van der Waals surface area contributed by atoms with Gasteiger partial charge in [0.05, 0.1) is 11.1 Å². The van der Waals surface area contributed by atoms with E-state index in [0.29, 0.717) is 23.5 Å². The highest BCUT2D eigenvalue weighted by molar-refractivity contribution is 5.89. The monoisotopic (exact) mass is 530 g/mol. The van der Waals surface area contributed by atoms with Crippen LogP contribution >= 0.6 is 0 Å². The maximum absolute atomic E-state index is 12.6. The van der Waals surface area contributed by atoms with E-state index in [4.69, 9.17) is 20.6 Å². The Balaban J connectivity index is 1.49. The molecule has 0 aliphatic heterocycles. The molecule has 0 spiro atoms. The maximum Gasteiger partial charge on any atom is 0.338 e. The third-order valence-corrected chi connectivity index (χ3v) is 6.26. The van der Waals surface area contributed by atoms with E-state index in [2.05, 4.69) is 12.8 Å². The van der Waals surface area contributed by atoms with Crippen molar-refractivity contribution in [2.24, 2.45) is 0 Å². The molecule has 0 aliphatic rings. The van der Waals surface area contributed by atoms with Crippen LogP contribution in [0.25, 0.3) is 5.57 Å². The van der Waals surface area contributed by atoms with Crippen LogP contribution in [0.4, 0.5) is 0 Å². The number of hydrogen-bond donors (Lipinski definition) is 0. The molecular formula is C35H30O5. The summed E-state index contributed by atoms with van der Waals surface area (Å²) in [5.74, 6) is 2.45. The molecule has 0 bridgehead atoms. The lowest BCUT2D eigenvalue weighted by Crippen LogP contribution is -2.10. The minimum Gasteiger partial charge on any atom is -0.489 e. The molecular weight excluding hydrogens is 500 g/mol. The van der Waals surface area contributed by atoms with Crippen molar-refractivity contribution in [2.75, 3.05) is 0 Å². The highest BCUT2D eigenvalue weighted by Crippen LogP contribution is 2.24. The van der Waals surface area contributed by atoms with Crippen LogP contribution in [0, 0.1) is 12.3 Å². The number of benzene rings is 4. The van der Waals surface area contributed by atoms with Crippen LogP contribution in [0.5, 0.6) is 5.75 Å². The second-order valence-electron chi connectivity index (χ2n) is 8.99. The smallest absolute Gasteiger partial charge is 0.338 e. The summed E-state index contributed by atoms with van der Waals surface area (Å²) in [6.45, 7) is 2.41. The van der Waals surface area contributed by atoms with Crippen molar-refractivity contribution in [3.8, 4) is 18.1 Å². The Hall–Kier alpha value is -5.08. The number of carbonyl (C=O) groups is 2. The first-order valence-corrected chi connectivity index (χ1v) is 13.0. The van der Waals surface area contributed by atoms with Gasteiger partial charge in [0.1, 0.15) is 25.6 Å². The van der Waals surface area contributed by atoms with Crippen molar-refractivity contribution in [3.63, 3.8) is 0 Å². The average molecular weight is 531 g/mol. The summed E-state index contributed by atoms with van der Waals surface area (Å²) in [4.78, 5) is 25.1. The fraction of sp³-hybridized carbons (Fsp3) is 0.143. The summed E-state index contributed by atoms with van der Waals surface area (Å²) in [6, 6.07) is 31.1. The molecule has 0 heterocycles. The summed E-state index contributed by atoms with van der Waals surface area (Å²) in [6.07, 6.45) is 8.05. The lowest BCUT2D eigenvalue weighted by molar-refractivity contribution is 0.0435. The average Bonchev–Trinajstić information content (AvgIpc) is 3.01. The van der Waals surface area contributed by atoms with E-state index in [9.17, 15) is 9.59 Å². The van der Waals surface area contributed by atoms with Gasteiger partial charge in [-0.2, -0.15) is 0 Å². The third kappa shape index (κ3) is 7.72. The molecule has 40 heavy (non-hydrogen) atoms. The fourth-order valence-corrected chi connectivity index (χ4v) is 4.09. The fourth-order valence-electron chi connectivity index (χ4n) is 4.09. The van der Waals surface area contributed by atoms with Crippen molar-refractivity contribution >= 4 is 17.5 Å². The van der Waals surface area contributed by atoms with E-state index < -0.39 is 11.9 Å². The number of rotatable bonds is 11. The van der Waals surface area contributed by atoms with Crippen molar-refractivity contribution in [2.45, 2.75) is 33.2 Å². The highest BCUT2D eigenvalue weighted by Gasteiger charge is 2.13. The van der Waals surface area contributed by atoms with E-state index in [1.807, 2.05) is 54.6 Å². The summed E-state index contributed by atoms with van der Waals surface area (Å²) < 4.78 is 17.2. The molecule has 0 amide bonds. The van der Waals surface area contributed by atoms with Gasteiger partial charge in [-0.3, -0.25) is 0 Å². The molecule has 0 aliphatic carbocycles. The number of carbonyl (C=O) groups excluding carboxylic acids is 2. The third-order valence-electron chi connectivity index (χ3n) is 6.26. The maximum atomic E-state index is 12.6. The molecule has 4 rings (SSSR count). The Morgan fingerprint density at radius 3 is 1.90 bits per heavy atom. The Labute approximate surface area is 235 Å². The van der Waals surface area contributed by atoms with Crippen LogP contribution in [0.15, 0.2) is 109 Å². The van der Waals surface area contributed by atoms with Gasteiger partial charge in [-0.25, -0.2) is 9.59 Å². The van der Waals surface area contributed by atoms with Gasteiger partial charge in [0, 0.05) is 0 Å². The molecule has 0 aromatic heterocycles. The van der Waals surface area contributed by atoms with Crippen LogP contribution in [0.2, 0.25) is 0 Å². The van der Waals surface area contributed by atoms with Gasteiger partial charge in [-0.05, 0) is 82.8 Å². The molecule has 4 aromatic rings. The quantitative estimate of drug-likeness (QED) is 0.149. The van der Waals surface area contributed by atoms with Gasteiger partial charge in [0.25, 0.3) is 0 Å². The summed E-state index contributed by atoms with van der Waals surface area (Å²) >= 11 is 0. The van der Waals surface area contributed by atoms with Gasteiger partial charge in [0.15, 0.2) is 0 Å². The molecule has 0 fully saturated rings. The molecule has 0 unspecified atom stereocenters. The van der Waals surface area contributed by atoms with E-state index in [1.54, 1.807) is 54.6 Å². The second kappa shape index (κ2) is 14.2. The first-order chi connectivity index (χ1) is 19.6. The largest absolute Gasteiger partial charge is 0.489 e. The first kappa shape index (κ1) is 27.9. The molecule has 200 valence electrons. The highest BCUT2D eigenvalue weighted by atomic mass is 16.5. The van der Waals surface area contributed by atoms with E-state index in [1.165, 1.54) is 0 Å². The van der Waals surface area contributed by atoms with Crippen LogP contribution in [0.3, 0.4) is 0 Å². The molecule has 5 nitrogen and oxygen atoms in total. The summed E-state index contributed by atoms with van der Waals surface area (Å²) in [5, 5.41) is 0. The van der Waals surface area contributed by atoms with Gasteiger partial charge >= 0.3 is 11.9 Å². The zero-order chi connectivity index (χ0) is 28.2. The van der Waals surface area contributed by atoms with Crippen LogP contribution in [-0.2, 0) is 29.3 Å². The van der Waals surface area contributed by atoms with Gasteiger partial charge in [-0.15, -0.1) is 6.42 Å². The molecule has 0 saturated heterocycles. The Bertz CT molecular complexity index is 1510. The standard InChI is InChI=1S/C35H30O5/c1-3-12-27(4-2)30-17-11-18-33(22-30)38-23-26-19-20-31(24-39-34(36)28-13-7-5-8-14-28)32(21-26)25-40-35(37)29-15-9-6-10-16-29/h1,5-22H,4,23-25H2,2H3/b27-12-. The van der Waals surface area contributed by atoms with Gasteiger partial charge in [0.2, 0.25) is 0 Å². The Morgan fingerprint density at radius 2 is 1.30 bits per heavy atom. The van der Waals surface area contributed by atoms with E-state index >= 15 is 0 Å². The van der Waals surface area contributed by atoms with Crippen LogP contribution in [0.1, 0.15) is 56.3 Å². The molecule has 5 heteroatoms.